The number of nitrogens with zero attached hydrogens (tertiary/aromatic N) is 1. The van der Waals surface area contributed by atoms with Gasteiger partial charge in [-0.3, -0.25) is 0 Å². The highest BCUT2D eigenvalue weighted by Gasteiger charge is 2.19. The van der Waals surface area contributed by atoms with Gasteiger partial charge in [0.2, 0.25) is 6.08 Å². The van der Waals surface area contributed by atoms with Gasteiger partial charge < -0.3 is 0 Å². The summed E-state index contributed by atoms with van der Waals surface area (Å²) in [6, 6.07) is 0.144. The second-order valence-corrected chi connectivity index (χ2v) is 4.94. The summed E-state index contributed by atoms with van der Waals surface area (Å²) in [6.07, 6.45) is 1.62. The van der Waals surface area contributed by atoms with Crippen LogP contribution in [0, 0.1) is 0 Å². The van der Waals surface area contributed by atoms with E-state index in [0.717, 1.165) is 5.75 Å². The molecule has 0 spiro atoms. The molecule has 62 valence electrons. The number of thioether (sulfide) groups is 2. The number of isocyanates is 1. The fourth-order valence-electron chi connectivity index (χ4n) is 0.951. The van der Waals surface area contributed by atoms with Crippen LogP contribution in [0.15, 0.2) is 4.99 Å². The van der Waals surface area contributed by atoms with Crippen molar-refractivity contribution in [3.8, 4) is 0 Å². The molecule has 0 bridgehead atoms. The molecular formula is C7H11NOS2. The maximum Gasteiger partial charge on any atom is 0.235 e. The van der Waals surface area contributed by atoms with E-state index in [1.807, 2.05) is 30.4 Å². The van der Waals surface area contributed by atoms with Gasteiger partial charge in [0.05, 0.1) is 6.04 Å². The van der Waals surface area contributed by atoms with Crippen molar-refractivity contribution < 1.29 is 4.79 Å². The molecule has 11 heavy (non-hydrogen) atoms. The van der Waals surface area contributed by atoms with Crippen molar-refractivity contribution in [2.75, 3.05) is 17.3 Å². The number of aliphatic imine (C=N–C) groups is 1. The van der Waals surface area contributed by atoms with Gasteiger partial charge in [-0.05, 0) is 6.92 Å². The van der Waals surface area contributed by atoms with E-state index in [0.29, 0.717) is 5.25 Å². The molecule has 0 N–H and O–H groups in total. The zero-order valence-corrected chi connectivity index (χ0v) is 8.08. The molecule has 0 aliphatic carbocycles. The normalized spacial score (nSPS) is 27.2. The van der Waals surface area contributed by atoms with Crippen LogP contribution in [0.1, 0.15) is 6.92 Å². The van der Waals surface area contributed by atoms with E-state index in [1.165, 1.54) is 11.5 Å². The Hall–Kier alpha value is 0.0800. The van der Waals surface area contributed by atoms with Crippen LogP contribution in [0.3, 0.4) is 0 Å². The van der Waals surface area contributed by atoms with Gasteiger partial charge in [0.25, 0.3) is 0 Å². The second kappa shape index (κ2) is 4.86. The minimum atomic E-state index is 0.144. The van der Waals surface area contributed by atoms with Crippen molar-refractivity contribution in [2.24, 2.45) is 4.99 Å². The molecule has 2 unspecified atom stereocenters. The third-order valence-corrected chi connectivity index (χ3v) is 4.62. The third-order valence-electron chi connectivity index (χ3n) is 1.64. The molecule has 1 aliphatic rings. The first-order valence-corrected chi connectivity index (χ1v) is 5.81. The van der Waals surface area contributed by atoms with Gasteiger partial charge in [-0.25, -0.2) is 9.79 Å². The first-order chi connectivity index (χ1) is 5.34. The van der Waals surface area contributed by atoms with E-state index in [9.17, 15) is 4.79 Å². The number of carbonyl (C=O) groups excluding carboxylic acids is 1. The Morgan fingerprint density at radius 2 is 2.45 bits per heavy atom. The van der Waals surface area contributed by atoms with Gasteiger partial charge in [0.1, 0.15) is 0 Å². The SMILES string of the molecule is CC(N=C=O)C1CSCCS1. The lowest BCUT2D eigenvalue weighted by molar-refractivity contribution is 0.558. The summed E-state index contributed by atoms with van der Waals surface area (Å²) in [5.74, 6) is 3.55. The van der Waals surface area contributed by atoms with E-state index in [4.69, 9.17) is 0 Å². The molecule has 1 heterocycles. The molecule has 2 nitrogen and oxygen atoms in total. The Balaban J connectivity index is 2.38. The molecule has 1 fully saturated rings. The van der Waals surface area contributed by atoms with E-state index >= 15 is 0 Å². The molecule has 1 aliphatic heterocycles. The average Bonchev–Trinajstić information content (AvgIpc) is 2.07. The fraction of sp³-hybridized carbons (Fsp3) is 0.857. The van der Waals surface area contributed by atoms with Crippen LogP contribution in [-0.4, -0.2) is 34.6 Å². The minimum Gasteiger partial charge on any atom is -0.211 e. The monoisotopic (exact) mass is 189 g/mol. The number of hydrogen-bond acceptors (Lipinski definition) is 4. The van der Waals surface area contributed by atoms with Crippen LogP contribution in [-0.2, 0) is 4.79 Å². The molecule has 1 saturated heterocycles. The topological polar surface area (TPSA) is 29.4 Å². The maximum atomic E-state index is 9.95. The Morgan fingerprint density at radius 3 is 3.00 bits per heavy atom. The van der Waals surface area contributed by atoms with Crippen molar-refractivity contribution in [1.29, 1.82) is 0 Å². The van der Waals surface area contributed by atoms with Crippen LogP contribution in [0.5, 0.6) is 0 Å². The van der Waals surface area contributed by atoms with E-state index in [2.05, 4.69) is 4.99 Å². The summed E-state index contributed by atoms with van der Waals surface area (Å²) in [5.41, 5.74) is 0. The maximum absolute atomic E-state index is 9.95. The Bertz CT molecular complexity index is 162. The van der Waals surface area contributed by atoms with E-state index in [1.54, 1.807) is 6.08 Å². The first kappa shape index (κ1) is 9.17. The molecule has 2 atom stereocenters. The molecule has 0 aromatic rings. The summed E-state index contributed by atoms with van der Waals surface area (Å²) in [6.45, 7) is 1.98. The molecule has 0 aromatic carbocycles. The molecule has 0 amide bonds. The second-order valence-electron chi connectivity index (χ2n) is 2.45. The van der Waals surface area contributed by atoms with E-state index in [-0.39, 0.29) is 6.04 Å². The highest BCUT2D eigenvalue weighted by atomic mass is 32.2. The van der Waals surface area contributed by atoms with Crippen molar-refractivity contribution in [3.05, 3.63) is 0 Å². The highest BCUT2D eigenvalue weighted by molar-refractivity contribution is 8.06. The zero-order valence-electron chi connectivity index (χ0n) is 6.45. The van der Waals surface area contributed by atoms with Crippen LogP contribution >= 0.6 is 23.5 Å². The fourth-order valence-corrected chi connectivity index (χ4v) is 3.80. The lowest BCUT2D eigenvalue weighted by atomic mass is 10.3. The summed E-state index contributed by atoms with van der Waals surface area (Å²) in [5, 5.41) is 0.523. The van der Waals surface area contributed by atoms with Crippen LogP contribution in [0.4, 0.5) is 0 Å². The molecule has 0 radical (unpaired) electrons. The Morgan fingerprint density at radius 1 is 1.64 bits per heavy atom. The number of hydrogen-bond donors (Lipinski definition) is 0. The molecule has 0 aromatic heterocycles. The van der Waals surface area contributed by atoms with E-state index < -0.39 is 0 Å². The van der Waals surface area contributed by atoms with Crippen LogP contribution < -0.4 is 0 Å². The third kappa shape index (κ3) is 2.89. The molecule has 0 saturated carbocycles. The zero-order chi connectivity index (χ0) is 8.10. The molecule has 4 heteroatoms. The smallest absolute Gasteiger partial charge is 0.211 e. The van der Waals surface area contributed by atoms with Crippen molar-refractivity contribution in [1.82, 2.24) is 0 Å². The highest BCUT2D eigenvalue weighted by Crippen LogP contribution is 2.27. The average molecular weight is 189 g/mol. The van der Waals surface area contributed by atoms with Gasteiger partial charge in [-0.15, -0.1) is 0 Å². The van der Waals surface area contributed by atoms with Crippen molar-refractivity contribution in [2.45, 2.75) is 18.2 Å². The predicted octanol–water partition coefficient (Wildman–Crippen LogP) is 1.56. The minimum absolute atomic E-state index is 0.144. The quantitative estimate of drug-likeness (QED) is 0.487. The van der Waals surface area contributed by atoms with Gasteiger partial charge in [0.15, 0.2) is 0 Å². The Labute approximate surface area is 75.2 Å². The van der Waals surface area contributed by atoms with Gasteiger partial charge in [-0.2, -0.15) is 23.5 Å². The van der Waals surface area contributed by atoms with Gasteiger partial charge in [-0.1, -0.05) is 0 Å². The Kier molecular flexibility index (Phi) is 4.05. The summed E-state index contributed by atoms with van der Waals surface area (Å²) in [7, 11) is 0. The summed E-state index contributed by atoms with van der Waals surface area (Å²) < 4.78 is 0. The summed E-state index contributed by atoms with van der Waals surface area (Å²) >= 11 is 3.86. The van der Waals surface area contributed by atoms with Crippen molar-refractivity contribution in [3.63, 3.8) is 0 Å². The van der Waals surface area contributed by atoms with Gasteiger partial charge in [0, 0.05) is 22.5 Å². The number of rotatable bonds is 2. The van der Waals surface area contributed by atoms with Gasteiger partial charge >= 0.3 is 0 Å². The molecular weight excluding hydrogens is 178 g/mol. The lowest BCUT2D eigenvalue weighted by Crippen LogP contribution is -2.24. The molecule has 1 rings (SSSR count). The summed E-state index contributed by atoms with van der Waals surface area (Å²) in [4.78, 5) is 13.7. The van der Waals surface area contributed by atoms with Crippen molar-refractivity contribution >= 4 is 29.6 Å². The predicted molar refractivity (Wildman–Crippen MR) is 51.2 cm³/mol. The largest absolute Gasteiger partial charge is 0.235 e. The lowest BCUT2D eigenvalue weighted by Gasteiger charge is -2.22. The standard InChI is InChI=1S/C7H11NOS2/c1-6(8-5-9)7-4-10-2-3-11-7/h6-7H,2-4H2,1H3. The van der Waals surface area contributed by atoms with Crippen LogP contribution in [0.2, 0.25) is 0 Å². The first-order valence-electron chi connectivity index (χ1n) is 3.61. The van der Waals surface area contributed by atoms with Crippen LogP contribution in [0.25, 0.3) is 0 Å².